The van der Waals surface area contributed by atoms with E-state index >= 15 is 0 Å². The standard InChI is InChI=1S/C49H59N5O6/c1-5-58-48(55)47-40(18-12-32-59-44-19-10-14-35-13-6-7-15-38(35)44)39-16-11-17-41-45-42(50-51(4)43(45)34-57-31-9-8-25-54(47)46(39)41)33-60-37-22-20-36(21-23-37)53-29-27-52(28-30-53)26-24-49(2,3)56/h6-7,10-11,13-17,19-23,56H,5,8-9,12,18,24-34H2,1-4H3. The van der Waals surface area contributed by atoms with Gasteiger partial charge in [0.2, 0.25) is 0 Å². The van der Waals surface area contributed by atoms with Crippen LogP contribution in [0.4, 0.5) is 5.69 Å². The maximum atomic E-state index is 14.0. The first-order valence-electron chi connectivity index (χ1n) is 21.7. The van der Waals surface area contributed by atoms with Gasteiger partial charge in [-0.1, -0.05) is 54.6 Å². The van der Waals surface area contributed by atoms with Crippen LogP contribution in [0, 0.1) is 0 Å². The predicted octanol–water partition coefficient (Wildman–Crippen LogP) is 8.56. The fraction of sp³-hybridized carbons (Fsp3) is 0.429. The highest BCUT2D eigenvalue weighted by atomic mass is 16.5. The summed E-state index contributed by atoms with van der Waals surface area (Å²) in [5.74, 6) is 1.33. The Balaban J connectivity index is 1.06. The fourth-order valence-electron chi connectivity index (χ4n) is 8.75. The van der Waals surface area contributed by atoms with E-state index in [0.29, 0.717) is 45.1 Å². The van der Waals surface area contributed by atoms with E-state index in [-0.39, 0.29) is 12.6 Å². The zero-order valence-corrected chi connectivity index (χ0v) is 35.6. The molecule has 4 heterocycles. The van der Waals surface area contributed by atoms with Crippen molar-refractivity contribution in [1.82, 2.24) is 19.2 Å². The first kappa shape index (κ1) is 41.4. The number of aryl methyl sites for hydroxylation is 3. The van der Waals surface area contributed by atoms with Crippen molar-refractivity contribution in [3.05, 3.63) is 108 Å². The van der Waals surface area contributed by atoms with E-state index in [1.165, 1.54) is 5.69 Å². The van der Waals surface area contributed by atoms with Crippen molar-refractivity contribution in [3.63, 3.8) is 0 Å². The summed E-state index contributed by atoms with van der Waals surface area (Å²) in [5, 5.41) is 18.5. The van der Waals surface area contributed by atoms with Gasteiger partial charge in [0.15, 0.2) is 0 Å². The van der Waals surface area contributed by atoms with Crippen molar-refractivity contribution < 1.29 is 28.8 Å². The van der Waals surface area contributed by atoms with Crippen LogP contribution < -0.4 is 14.4 Å². The molecule has 1 saturated heterocycles. The second-order valence-corrected chi connectivity index (χ2v) is 16.7. The molecule has 0 amide bonds. The number of nitrogens with zero attached hydrogens (tertiary/aromatic N) is 5. The number of benzene rings is 4. The number of piperazine rings is 1. The molecule has 316 valence electrons. The Morgan fingerprint density at radius 1 is 0.883 bits per heavy atom. The molecule has 11 nitrogen and oxygen atoms in total. The van der Waals surface area contributed by atoms with Gasteiger partial charge in [-0.3, -0.25) is 9.58 Å². The molecular formula is C49H59N5O6. The molecule has 0 aliphatic carbocycles. The molecule has 0 bridgehead atoms. The molecule has 4 aromatic carbocycles. The molecule has 1 fully saturated rings. The Morgan fingerprint density at radius 3 is 2.45 bits per heavy atom. The molecule has 2 aliphatic heterocycles. The van der Waals surface area contributed by atoms with Crippen LogP contribution in [-0.4, -0.2) is 88.5 Å². The number of aromatic nitrogens is 3. The second kappa shape index (κ2) is 18.5. The Morgan fingerprint density at radius 2 is 1.65 bits per heavy atom. The van der Waals surface area contributed by atoms with Crippen molar-refractivity contribution in [2.75, 3.05) is 57.4 Å². The smallest absolute Gasteiger partial charge is 0.355 e. The number of carbonyl (C=O) groups excluding carboxylic acids is 1. The largest absolute Gasteiger partial charge is 0.493 e. The number of anilines is 1. The molecule has 6 aromatic rings. The summed E-state index contributed by atoms with van der Waals surface area (Å²) < 4.78 is 29.0. The van der Waals surface area contributed by atoms with E-state index in [0.717, 1.165) is 120 Å². The zero-order chi connectivity index (χ0) is 41.6. The minimum absolute atomic E-state index is 0.266. The van der Waals surface area contributed by atoms with Gasteiger partial charge in [-0.25, -0.2) is 4.79 Å². The highest BCUT2D eigenvalue weighted by Crippen LogP contribution is 2.40. The Kier molecular flexibility index (Phi) is 12.8. The maximum Gasteiger partial charge on any atom is 0.355 e. The van der Waals surface area contributed by atoms with Gasteiger partial charge in [-0.2, -0.15) is 5.10 Å². The van der Waals surface area contributed by atoms with E-state index in [1.807, 2.05) is 68.9 Å². The highest BCUT2D eigenvalue weighted by molar-refractivity contribution is 6.05. The van der Waals surface area contributed by atoms with Crippen LogP contribution in [0.5, 0.6) is 11.5 Å². The van der Waals surface area contributed by atoms with E-state index < -0.39 is 5.60 Å². The van der Waals surface area contributed by atoms with Gasteiger partial charge < -0.3 is 33.5 Å². The molecule has 8 rings (SSSR count). The van der Waals surface area contributed by atoms with Gasteiger partial charge in [0, 0.05) is 80.5 Å². The Labute approximate surface area is 353 Å². The predicted molar refractivity (Wildman–Crippen MR) is 237 cm³/mol. The molecule has 1 N–H and O–H groups in total. The Hall–Kier alpha value is -5.36. The van der Waals surface area contributed by atoms with Crippen LogP contribution in [0.1, 0.15) is 73.9 Å². The lowest BCUT2D eigenvalue weighted by molar-refractivity contribution is 0.0511. The van der Waals surface area contributed by atoms with Crippen LogP contribution in [-0.2, 0) is 42.7 Å². The molecule has 2 aliphatic rings. The second-order valence-electron chi connectivity index (χ2n) is 16.7. The minimum atomic E-state index is -0.641. The van der Waals surface area contributed by atoms with Crippen molar-refractivity contribution >= 4 is 33.3 Å². The zero-order valence-electron chi connectivity index (χ0n) is 35.6. The average Bonchev–Trinajstić information content (AvgIpc) is 3.73. The summed E-state index contributed by atoms with van der Waals surface area (Å²) in [4.78, 5) is 18.8. The number of aliphatic hydroxyl groups is 1. The topological polar surface area (TPSA) is 103 Å². The molecule has 0 atom stereocenters. The van der Waals surface area contributed by atoms with Gasteiger partial charge >= 0.3 is 5.97 Å². The van der Waals surface area contributed by atoms with Crippen molar-refractivity contribution in [2.24, 2.45) is 7.05 Å². The van der Waals surface area contributed by atoms with Crippen molar-refractivity contribution in [2.45, 2.75) is 78.2 Å². The number of fused-ring (bicyclic) bond motifs is 3. The van der Waals surface area contributed by atoms with Crippen molar-refractivity contribution in [1.29, 1.82) is 0 Å². The number of hydrogen-bond donors (Lipinski definition) is 1. The first-order chi connectivity index (χ1) is 29.2. The molecule has 0 radical (unpaired) electrons. The van der Waals surface area contributed by atoms with Gasteiger partial charge in [0.25, 0.3) is 0 Å². The van der Waals surface area contributed by atoms with Gasteiger partial charge in [-0.15, -0.1) is 0 Å². The summed E-state index contributed by atoms with van der Waals surface area (Å²) in [7, 11) is 1.97. The summed E-state index contributed by atoms with van der Waals surface area (Å²) in [6.07, 6.45) is 3.86. The quantitative estimate of drug-likeness (QED) is 0.0857. The van der Waals surface area contributed by atoms with Crippen molar-refractivity contribution in [3.8, 4) is 22.6 Å². The normalized spacial score (nSPS) is 15.2. The third-order valence-corrected chi connectivity index (χ3v) is 11.9. The minimum Gasteiger partial charge on any atom is -0.493 e. The lowest BCUT2D eigenvalue weighted by Gasteiger charge is -2.37. The van der Waals surface area contributed by atoms with Gasteiger partial charge in [0.05, 0.1) is 36.6 Å². The van der Waals surface area contributed by atoms with Gasteiger partial charge in [0.1, 0.15) is 29.5 Å². The van der Waals surface area contributed by atoms with Gasteiger partial charge in [-0.05, 0) is 94.2 Å². The van der Waals surface area contributed by atoms with Crippen LogP contribution in [0.2, 0.25) is 0 Å². The molecule has 0 unspecified atom stereocenters. The maximum absolute atomic E-state index is 14.0. The molecule has 0 saturated carbocycles. The van der Waals surface area contributed by atoms with Crippen LogP contribution in [0.15, 0.2) is 84.9 Å². The summed E-state index contributed by atoms with van der Waals surface area (Å²) in [6, 6.07) is 29.1. The highest BCUT2D eigenvalue weighted by Gasteiger charge is 2.29. The first-order valence-corrected chi connectivity index (χ1v) is 21.7. The lowest BCUT2D eigenvalue weighted by atomic mass is 9.98. The molecular weight excluding hydrogens is 755 g/mol. The number of carbonyl (C=O) groups is 1. The number of ether oxygens (including phenoxy) is 4. The third-order valence-electron chi connectivity index (χ3n) is 11.9. The monoisotopic (exact) mass is 813 g/mol. The average molecular weight is 814 g/mol. The van der Waals surface area contributed by atoms with Crippen LogP contribution >= 0.6 is 0 Å². The van der Waals surface area contributed by atoms with Crippen LogP contribution in [0.25, 0.3) is 32.8 Å². The number of esters is 1. The fourth-order valence-corrected chi connectivity index (χ4v) is 8.75. The number of para-hydroxylation sites is 1. The summed E-state index contributed by atoms with van der Waals surface area (Å²) in [5.41, 5.74) is 6.89. The molecule has 0 spiro atoms. The molecule has 2 aromatic heterocycles. The number of hydrogen-bond acceptors (Lipinski definition) is 9. The van der Waals surface area contributed by atoms with E-state index in [2.05, 4.69) is 62.9 Å². The molecule has 11 heteroatoms. The number of rotatable bonds is 14. The summed E-state index contributed by atoms with van der Waals surface area (Å²) >= 11 is 0. The lowest BCUT2D eigenvalue weighted by Crippen LogP contribution is -2.47. The van der Waals surface area contributed by atoms with E-state index in [4.69, 9.17) is 24.0 Å². The summed E-state index contributed by atoms with van der Waals surface area (Å²) in [6.45, 7) is 13.1. The Bertz CT molecular complexity index is 2400. The molecule has 60 heavy (non-hydrogen) atoms. The third kappa shape index (κ3) is 9.18. The van der Waals surface area contributed by atoms with E-state index in [9.17, 15) is 9.90 Å². The van der Waals surface area contributed by atoms with E-state index in [1.54, 1.807) is 0 Å². The SMILES string of the molecule is CCOC(=O)c1c(CCCOc2cccc3ccccc23)c2cccc3c2n1CCCCOCc1c-3c(COc2ccc(N3CCN(CCC(C)(C)O)CC3)cc2)nn1C. The van der Waals surface area contributed by atoms with Crippen LogP contribution in [0.3, 0.4) is 0 Å².